The summed E-state index contributed by atoms with van der Waals surface area (Å²) in [4.78, 5) is 2.29. The van der Waals surface area contributed by atoms with Gasteiger partial charge in [0.25, 0.3) is 0 Å². The summed E-state index contributed by atoms with van der Waals surface area (Å²) in [6.07, 6.45) is 1.22. The van der Waals surface area contributed by atoms with Crippen LogP contribution in [0.2, 0.25) is 0 Å². The van der Waals surface area contributed by atoms with Crippen LogP contribution in [-0.2, 0) is 4.74 Å². The molecule has 0 aromatic heterocycles. The second kappa shape index (κ2) is 8.37. The molecule has 1 aromatic carbocycles. The third-order valence-corrected chi connectivity index (χ3v) is 3.92. The molecule has 0 aliphatic carbocycles. The third kappa shape index (κ3) is 4.70. The zero-order valence-corrected chi connectivity index (χ0v) is 13.5. The third-order valence-electron chi connectivity index (χ3n) is 3.92. The van der Waals surface area contributed by atoms with E-state index in [9.17, 15) is 0 Å². The van der Waals surface area contributed by atoms with E-state index in [1.807, 2.05) is 6.07 Å². The minimum Gasteiger partial charge on any atom is -0.490 e. The zero-order chi connectivity index (χ0) is 15.1. The van der Waals surface area contributed by atoms with Gasteiger partial charge in [0.15, 0.2) is 0 Å². The summed E-state index contributed by atoms with van der Waals surface area (Å²) >= 11 is 0. The van der Waals surface area contributed by atoms with E-state index >= 15 is 0 Å². The number of hydrogen-bond donors (Lipinski definition) is 1. The van der Waals surface area contributed by atoms with Gasteiger partial charge in [-0.2, -0.15) is 0 Å². The van der Waals surface area contributed by atoms with Crippen LogP contribution < -0.4 is 10.1 Å². The number of nitrogens with one attached hydrogen (secondary N) is 1. The van der Waals surface area contributed by atoms with Crippen molar-refractivity contribution in [3.63, 3.8) is 0 Å². The lowest BCUT2D eigenvalue weighted by Crippen LogP contribution is -2.42. The Morgan fingerprint density at radius 1 is 1.38 bits per heavy atom. The van der Waals surface area contributed by atoms with Gasteiger partial charge in [0.05, 0.1) is 6.61 Å². The Kier molecular flexibility index (Phi) is 6.49. The van der Waals surface area contributed by atoms with E-state index in [2.05, 4.69) is 49.3 Å². The monoisotopic (exact) mass is 292 g/mol. The molecule has 2 rings (SSSR count). The maximum Gasteiger partial charge on any atom is 0.124 e. The van der Waals surface area contributed by atoms with Gasteiger partial charge in [-0.25, -0.2) is 0 Å². The Hall–Kier alpha value is -1.10. The second-order valence-corrected chi connectivity index (χ2v) is 5.62. The van der Waals surface area contributed by atoms with Crippen LogP contribution >= 0.6 is 0 Å². The minimum atomic E-state index is 0.163. The number of likely N-dealkylation sites (N-methyl/N-ethyl adjacent to an activating group) is 1. The number of hydrogen-bond acceptors (Lipinski definition) is 4. The van der Waals surface area contributed by atoms with Gasteiger partial charge in [0.1, 0.15) is 18.5 Å². The molecule has 4 nitrogen and oxygen atoms in total. The van der Waals surface area contributed by atoms with Crippen LogP contribution in [-0.4, -0.2) is 50.9 Å². The quantitative estimate of drug-likeness (QED) is 0.837. The first-order valence-electron chi connectivity index (χ1n) is 7.99. The Labute approximate surface area is 128 Å². The van der Waals surface area contributed by atoms with Crippen LogP contribution in [0.15, 0.2) is 24.3 Å². The van der Waals surface area contributed by atoms with Crippen molar-refractivity contribution in [3.05, 3.63) is 29.8 Å². The molecule has 21 heavy (non-hydrogen) atoms. The first-order chi connectivity index (χ1) is 10.2. The van der Waals surface area contributed by atoms with E-state index in [0.29, 0.717) is 12.6 Å². The maximum atomic E-state index is 6.06. The SMILES string of the molecule is CCNC(CC)c1ccccc1OCC1CN(C)CCO1. The van der Waals surface area contributed by atoms with Crippen LogP contribution in [0.25, 0.3) is 0 Å². The molecule has 0 radical (unpaired) electrons. The predicted octanol–water partition coefficient (Wildman–Crippen LogP) is 2.46. The van der Waals surface area contributed by atoms with Gasteiger partial charge in [-0.3, -0.25) is 0 Å². The van der Waals surface area contributed by atoms with Crippen LogP contribution in [0.1, 0.15) is 31.9 Å². The number of nitrogens with zero attached hydrogens (tertiary/aromatic N) is 1. The lowest BCUT2D eigenvalue weighted by Gasteiger charge is -2.30. The summed E-state index contributed by atoms with van der Waals surface area (Å²) in [6.45, 7) is 8.65. The molecule has 1 aliphatic rings. The second-order valence-electron chi connectivity index (χ2n) is 5.62. The van der Waals surface area contributed by atoms with Gasteiger partial charge in [0, 0.05) is 24.7 Å². The van der Waals surface area contributed by atoms with Gasteiger partial charge in [-0.05, 0) is 26.1 Å². The Bertz CT molecular complexity index is 425. The Morgan fingerprint density at radius 3 is 2.90 bits per heavy atom. The molecule has 1 aromatic rings. The molecule has 1 N–H and O–H groups in total. The van der Waals surface area contributed by atoms with E-state index in [1.165, 1.54) is 5.56 Å². The number of para-hydroxylation sites is 1. The molecule has 0 saturated carbocycles. The minimum absolute atomic E-state index is 0.163. The van der Waals surface area contributed by atoms with E-state index < -0.39 is 0 Å². The number of morpholine rings is 1. The molecular formula is C17H28N2O2. The van der Waals surface area contributed by atoms with Crippen molar-refractivity contribution in [3.8, 4) is 5.75 Å². The highest BCUT2D eigenvalue weighted by Gasteiger charge is 2.19. The van der Waals surface area contributed by atoms with Crippen LogP contribution in [0.5, 0.6) is 5.75 Å². The summed E-state index contributed by atoms with van der Waals surface area (Å²) in [7, 11) is 2.13. The highest BCUT2D eigenvalue weighted by atomic mass is 16.5. The fraction of sp³-hybridized carbons (Fsp3) is 0.647. The number of benzene rings is 1. The standard InChI is InChI=1S/C17H28N2O2/c1-4-16(18-5-2)15-8-6-7-9-17(15)21-13-14-12-19(3)10-11-20-14/h6-9,14,16,18H,4-5,10-13H2,1-3H3. The predicted molar refractivity (Wildman–Crippen MR) is 85.9 cm³/mol. The van der Waals surface area contributed by atoms with Gasteiger partial charge in [0.2, 0.25) is 0 Å². The highest BCUT2D eigenvalue weighted by Crippen LogP contribution is 2.27. The summed E-state index contributed by atoms with van der Waals surface area (Å²) < 4.78 is 11.8. The molecule has 1 fully saturated rings. The Morgan fingerprint density at radius 2 is 2.19 bits per heavy atom. The van der Waals surface area contributed by atoms with E-state index in [4.69, 9.17) is 9.47 Å². The van der Waals surface area contributed by atoms with Crippen molar-refractivity contribution in [2.24, 2.45) is 0 Å². The topological polar surface area (TPSA) is 33.7 Å². The van der Waals surface area contributed by atoms with Gasteiger partial charge in [-0.1, -0.05) is 32.0 Å². The van der Waals surface area contributed by atoms with Gasteiger partial charge in [-0.15, -0.1) is 0 Å². The summed E-state index contributed by atoms with van der Waals surface area (Å²) in [6, 6.07) is 8.67. The van der Waals surface area contributed by atoms with Crippen molar-refractivity contribution in [1.29, 1.82) is 0 Å². The van der Waals surface area contributed by atoms with Gasteiger partial charge < -0.3 is 19.7 Å². The first kappa shape index (κ1) is 16.3. The van der Waals surface area contributed by atoms with E-state index in [1.54, 1.807) is 0 Å². The van der Waals surface area contributed by atoms with Crippen molar-refractivity contribution >= 4 is 0 Å². The number of ether oxygens (including phenoxy) is 2. The molecular weight excluding hydrogens is 264 g/mol. The molecule has 4 heteroatoms. The van der Waals surface area contributed by atoms with E-state index in [-0.39, 0.29) is 6.10 Å². The normalized spacial score (nSPS) is 21.2. The Balaban J connectivity index is 1.99. The molecule has 2 atom stereocenters. The smallest absolute Gasteiger partial charge is 0.124 e. The fourth-order valence-electron chi connectivity index (χ4n) is 2.77. The summed E-state index contributed by atoms with van der Waals surface area (Å²) in [5, 5.41) is 3.51. The van der Waals surface area contributed by atoms with E-state index in [0.717, 1.165) is 38.4 Å². The summed E-state index contributed by atoms with van der Waals surface area (Å²) in [5.74, 6) is 0.974. The van der Waals surface area contributed by atoms with Gasteiger partial charge >= 0.3 is 0 Å². The summed E-state index contributed by atoms with van der Waals surface area (Å²) in [5.41, 5.74) is 1.24. The van der Waals surface area contributed by atoms with Crippen molar-refractivity contribution < 1.29 is 9.47 Å². The lowest BCUT2D eigenvalue weighted by atomic mass is 10.0. The highest BCUT2D eigenvalue weighted by molar-refractivity contribution is 5.36. The van der Waals surface area contributed by atoms with Crippen LogP contribution in [0.3, 0.4) is 0 Å². The average Bonchev–Trinajstić information content (AvgIpc) is 2.51. The van der Waals surface area contributed by atoms with Crippen LogP contribution in [0.4, 0.5) is 0 Å². The molecule has 1 heterocycles. The molecule has 0 amide bonds. The van der Waals surface area contributed by atoms with Crippen molar-refractivity contribution in [2.75, 3.05) is 39.9 Å². The maximum absolute atomic E-state index is 6.06. The molecule has 0 bridgehead atoms. The first-order valence-corrected chi connectivity index (χ1v) is 7.99. The average molecular weight is 292 g/mol. The molecule has 0 spiro atoms. The molecule has 1 saturated heterocycles. The van der Waals surface area contributed by atoms with Crippen molar-refractivity contribution in [2.45, 2.75) is 32.4 Å². The largest absolute Gasteiger partial charge is 0.490 e. The molecule has 1 aliphatic heterocycles. The molecule has 2 unspecified atom stereocenters. The van der Waals surface area contributed by atoms with Crippen LogP contribution in [0, 0.1) is 0 Å². The molecule has 118 valence electrons. The number of rotatable bonds is 7. The fourth-order valence-corrected chi connectivity index (χ4v) is 2.77. The van der Waals surface area contributed by atoms with Crippen molar-refractivity contribution in [1.82, 2.24) is 10.2 Å². The zero-order valence-electron chi connectivity index (χ0n) is 13.5. The lowest BCUT2D eigenvalue weighted by molar-refractivity contribution is -0.0405.